The van der Waals surface area contributed by atoms with Crippen molar-refractivity contribution in [2.24, 2.45) is 5.73 Å². The van der Waals surface area contributed by atoms with Crippen molar-refractivity contribution in [3.05, 3.63) is 59.1 Å². The average molecular weight is 402 g/mol. The summed E-state index contributed by atoms with van der Waals surface area (Å²) in [5.74, 6) is -0.245. The molecule has 0 saturated carbocycles. The van der Waals surface area contributed by atoms with Crippen molar-refractivity contribution in [2.75, 3.05) is 5.32 Å². The molecule has 0 aliphatic rings. The molecule has 1 heterocycles. The van der Waals surface area contributed by atoms with E-state index in [-0.39, 0.29) is 5.91 Å². The van der Waals surface area contributed by atoms with Gasteiger partial charge in [0.25, 0.3) is 0 Å². The molecule has 3 N–H and O–H groups in total. The highest BCUT2D eigenvalue weighted by Gasteiger charge is 2.17. The zero-order chi connectivity index (χ0) is 17.1. The van der Waals surface area contributed by atoms with Crippen LogP contribution in [0.1, 0.15) is 6.92 Å². The van der Waals surface area contributed by atoms with Crippen molar-refractivity contribution in [1.29, 1.82) is 0 Å². The molecular formula is C18H16BrN3OS. The molecule has 122 valence electrons. The topological polar surface area (TPSA) is 68.0 Å². The molecular weight excluding hydrogens is 386 g/mol. The number of carbonyl (C=O) groups excluding carboxylic acids is 1. The summed E-state index contributed by atoms with van der Waals surface area (Å²) in [5.41, 5.74) is 8.53. The third-order valence-electron chi connectivity index (χ3n) is 3.42. The quantitative estimate of drug-likeness (QED) is 0.674. The molecule has 0 spiro atoms. The smallest absolute Gasteiger partial charge is 0.242 e. The Bertz CT molecular complexity index is 844. The Kier molecular flexibility index (Phi) is 5.08. The number of anilines is 1. The van der Waals surface area contributed by atoms with E-state index in [9.17, 15) is 4.79 Å². The first-order chi connectivity index (χ1) is 11.5. The molecule has 6 heteroatoms. The third-order valence-corrected chi connectivity index (χ3v) is 4.97. The predicted octanol–water partition coefficient (Wildman–Crippen LogP) is 4.53. The second kappa shape index (κ2) is 7.25. The molecule has 0 fully saturated rings. The number of carbonyl (C=O) groups is 1. The zero-order valence-corrected chi connectivity index (χ0v) is 15.4. The number of aromatic nitrogens is 1. The number of nitrogens with two attached hydrogens (primary N) is 1. The second-order valence-electron chi connectivity index (χ2n) is 5.35. The monoisotopic (exact) mass is 401 g/mol. The first-order valence-corrected chi connectivity index (χ1v) is 9.04. The van der Waals surface area contributed by atoms with Crippen molar-refractivity contribution in [1.82, 2.24) is 4.98 Å². The van der Waals surface area contributed by atoms with Crippen LogP contribution in [0, 0.1) is 0 Å². The Labute approximate surface area is 152 Å². The minimum absolute atomic E-state index is 0.245. The summed E-state index contributed by atoms with van der Waals surface area (Å²) in [5, 5.41) is 3.34. The molecule has 0 aliphatic heterocycles. The molecule has 1 atom stereocenters. The third kappa shape index (κ3) is 3.72. The van der Waals surface area contributed by atoms with Gasteiger partial charge in [-0.05, 0) is 24.6 Å². The number of thiazole rings is 1. The van der Waals surface area contributed by atoms with Gasteiger partial charge in [-0.3, -0.25) is 4.79 Å². The number of rotatable bonds is 4. The number of benzene rings is 2. The fourth-order valence-electron chi connectivity index (χ4n) is 2.18. The van der Waals surface area contributed by atoms with Gasteiger partial charge in [-0.1, -0.05) is 69.7 Å². The summed E-state index contributed by atoms with van der Waals surface area (Å²) in [4.78, 5) is 17.5. The highest BCUT2D eigenvalue weighted by molar-refractivity contribution is 9.10. The fraction of sp³-hybridized carbons (Fsp3) is 0.111. The molecule has 1 amide bonds. The minimum atomic E-state index is -0.579. The van der Waals surface area contributed by atoms with Crippen LogP contribution in [0.3, 0.4) is 0 Å². The number of halogens is 1. The van der Waals surface area contributed by atoms with Gasteiger partial charge in [0, 0.05) is 10.0 Å². The predicted molar refractivity (Wildman–Crippen MR) is 103 cm³/mol. The van der Waals surface area contributed by atoms with Crippen LogP contribution in [0.5, 0.6) is 0 Å². The van der Waals surface area contributed by atoms with Gasteiger partial charge >= 0.3 is 0 Å². The van der Waals surface area contributed by atoms with Gasteiger partial charge in [-0.2, -0.15) is 0 Å². The summed E-state index contributed by atoms with van der Waals surface area (Å²) in [6.45, 7) is 1.65. The number of hydrogen-bond donors (Lipinski definition) is 2. The number of nitrogens with zero attached hydrogens (tertiary/aromatic N) is 1. The van der Waals surface area contributed by atoms with Crippen molar-refractivity contribution in [3.8, 4) is 21.7 Å². The lowest BCUT2D eigenvalue weighted by Gasteiger charge is -2.03. The second-order valence-corrected chi connectivity index (χ2v) is 7.26. The van der Waals surface area contributed by atoms with Crippen LogP contribution < -0.4 is 11.1 Å². The van der Waals surface area contributed by atoms with Crippen LogP contribution in [-0.2, 0) is 4.79 Å². The highest BCUT2D eigenvalue weighted by Crippen LogP contribution is 2.39. The average Bonchev–Trinajstić information content (AvgIpc) is 3.00. The van der Waals surface area contributed by atoms with Crippen LogP contribution in [0.2, 0.25) is 0 Å². The molecule has 24 heavy (non-hydrogen) atoms. The Morgan fingerprint density at radius 1 is 1.12 bits per heavy atom. The molecule has 0 radical (unpaired) electrons. The fourth-order valence-corrected chi connectivity index (χ4v) is 3.44. The van der Waals surface area contributed by atoms with E-state index in [1.807, 2.05) is 54.6 Å². The first-order valence-electron chi connectivity index (χ1n) is 7.43. The Morgan fingerprint density at radius 2 is 1.79 bits per heavy atom. The molecule has 3 aromatic rings. The van der Waals surface area contributed by atoms with E-state index in [4.69, 9.17) is 5.73 Å². The van der Waals surface area contributed by atoms with Gasteiger partial charge in [0.05, 0.1) is 16.6 Å². The van der Waals surface area contributed by atoms with Crippen LogP contribution in [0.15, 0.2) is 59.1 Å². The Morgan fingerprint density at radius 3 is 2.42 bits per heavy atom. The number of hydrogen-bond acceptors (Lipinski definition) is 4. The van der Waals surface area contributed by atoms with E-state index in [1.165, 1.54) is 11.3 Å². The Hall–Kier alpha value is -2.02. The first kappa shape index (κ1) is 16.8. The molecule has 3 rings (SSSR count). The summed E-state index contributed by atoms with van der Waals surface area (Å²) in [6, 6.07) is 17.4. The van der Waals surface area contributed by atoms with Crippen LogP contribution in [0.4, 0.5) is 5.13 Å². The summed E-state index contributed by atoms with van der Waals surface area (Å²) in [6.07, 6.45) is 0. The maximum Gasteiger partial charge on any atom is 0.242 e. The van der Waals surface area contributed by atoms with Crippen LogP contribution >= 0.6 is 27.3 Å². The Balaban J connectivity index is 2.06. The van der Waals surface area contributed by atoms with Crippen molar-refractivity contribution in [2.45, 2.75) is 13.0 Å². The summed E-state index contributed by atoms with van der Waals surface area (Å²) < 4.78 is 1.01. The van der Waals surface area contributed by atoms with Crippen LogP contribution in [0.25, 0.3) is 21.7 Å². The lowest BCUT2D eigenvalue weighted by atomic mass is 10.1. The van der Waals surface area contributed by atoms with Crippen molar-refractivity contribution < 1.29 is 4.79 Å². The van der Waals surface area contributed by atoms with Gasteiger partial charge in [0.15, 0.2) is 5.13 Å². The van der Waals surface area contributed by atoms with Crippen LogP contribution in [-0.4, -0.2) is 16.9 Å². The number of nitrogens with one attached hydrogen (secondary N) is 1. The van der Waals surface area contributed by atoms with Gasteiger partial charge < -0.3 is 11.1 Å². The van der Waals surface area contributed by atoms with E-state index < -0.39 is 6.04 Å². The van der Waals surface area contributed by atoms with E-state index in [0.717, 1.165) is 26.2 Å². The molecule has 0 saturated heterocycles. The maximum absolute atomic E-state index is 11.9. The van der Waals surface area contributed by atoms with E-state index in [0.29, 0.717) is 5.13 Å². The number of amides is 1. The molecule has 2 aromatic carbocycles. The van der Waals surface area contributed by atoms with Crippen molar-refractivity contribution >= 4 is 38.3 Å². The van der Waals surface area contributed by atoms with E-state index in [1.54, 1.807) is 6.92 Å². The standard InChI is InChI=1S/C18H16BrN3OS/c1-11(20)17(23)22-18-21-15(12-7-9-14(19)10-8-12)16(24-18)13-5-3-2-4-6-13/h2-11H,20H2,1H3,(H,21,22,23)/t11-/m0/s1. The molecule has 1 aromatic heterocycles. The zero-order valence-electron chi connectivity index (χ0n) is 13.0. The van der Waals surface area contributed by atoms with Gasteiger partial charge in [0.1, 0.15) is 0 Å². The largest absolute Gasteiger partial charge is 0.320 e. The summed E-state index contributed by atoms with van der Waals surface area (Å²) in [7, 11) is 0. The van der Waals surface area contributed by atoms with E-state index in [2.05, 4.69) is 26.2 Å². The SMILES string of the molecule is C[C@H](N)C(=O)Nc1nc(-c2ccc(Br)cc2)c(-c2ccccc2)s1. The van der Waals surface area contributed by atoms with Gasteiger partial charge in [-0.15, -0.1) is 0 Å². The molecule has 0 aliphatic carbocycles. The van der Waals surface area contributed by atoms with Gasteiger partial charge in [-0.25, -0.2) is 4.98 Å². The normalized spacial score (nSPS) is 12.0. The lowest BCUT2D eigenvalue weighted by Crippen LogP contribution is -2.32. The van der Waals surface area contributed by atoms with E-state index >= 15 is 0 Å². The highest BCUT2D eigenvalue weighted by atomic mass is 79.9. The van der Waals surface area contributed by atoms with Crippen molar-refractivity contribution in [3.63, 3.8) is 0 Å². The summed E-state index contributed by atoms with van der Waals surface area (Å²) >= 11 is 4.89. The molecule has 4 nitrogen and oxygen atoms in total. The van der Waals surface area contributed by atoms with Gasteiger partial charge in [0.2, 0.25) is 5.91 Å². The maximum atomic E-state index is 11.9. The molecule has 0 bridgehead atoms. The molecule has 0 unspecified atom stereocenters. The minimum Gasteiger partial charge on any atom is -0.320 e. The lowest BCUT2D eigenvalue weighted by molar-refractivity contribution is -0.117.